The molecule has 2 rings (SSSR count). The van der Waals surface area contributed by atoms with Crippen molar-refractivity contribution in [3.63, 3.8) is 0 Å². The molecule has 2 aromatic heterocycles. The zero-order chi connectivity index (χ0) is 14.7. The number of unbranched alkanes of at least 4 members (excludes halogenated alkanes) is 3. The molecule has 0 aliphatic carbocycles. The first-order valence-electron chi connectivity index (χ1n) is 6.60. The molecule has 0 aliphatic rings. The molecule has 108 valence electrons. The molecule has 0 radical (unpaired) electrons. The fourth-order valence-corrected chi connectivity index (χ4v) is 2.06. The predicted octanol–water partition coefficient (Wildman–Crippen LogP) is 0.644. The maximum Gasteiger partial charge on any atom is 0.358 e. The number of aromatic carboxylic acids is 1. The molecule has 20 heavy (non-hydrogen) atoms. The van der Waals surface area contributed by atoms with Gasteiger partial charge in [0.25, 0.3) is 0 Å². The lowest BCUT2D eigenvalue weighted by atomic mass is 10.1. The van der Waals surface area contributed by atoms with Gasteiger partial charge in [0.05, 0.1) is 0 Å². The largest absolute Gasteiger partial charge is 0.476 e. The summed E-state index contributed by atoms with van der Waals surface area (Å²) in [4.78, 5) is 27.2. The monoisotopic (exact) mass is 279 g/mol. The molecule has 0 aliphatic heterocycles. The van der Waals surface area contributed by atoms with Crippen molar-refractivity contribution in [2.45, 2.75) is 39.0 Å². The number of imidazole rings is 1. The molecule has 0 saturated carbocycles. The van der Waals surface area contributed by atoms with Crippen molar-refractivity contribution in [2.24, 2.45) is 7.05 Å². The zero-order valence-electron chi connectivity index (χ0n) is 11.5. The average Bonchev–Trinajstić information content (AvgIpc) is 2.79. The van der Waals surface area contributed by atoms with Gasteiger partial charge in [0.15, 0.2) is 11.3 Å². The van der Waals surface area contributed by atoms with Crippen LogP contribution in [0.5, 0.6) is 0 Å². The van der Waals surface area contributed by atoms with E-state index < -0.39 is 11.7 Å². The molecular formula is C12H17N5O3. The first kappa shape index (κ1) is 14.2. The molecule has 0 spiro atoms. The van der Waals surface area contributed by atoms with Crippen molar-refractivity contribution in [1.82, 2.24) is 24.4 Å². The summed E-state index contributed by atoms with van der Waals surface area (Å²) in [5, 5.41) is 16.5. The van der Waals surface area contributed by atoms with Gasteiger partial charge in [0.2, 0.25) is 0 Å². The van der Waals surface area contributed by atoms with E-state index in [1.165, 1.54) is 11.4 Å². The van der Waals surface area contributed by atoms with Gasteiger partial charge >= 0.3 is 11.7 Å². The van der Waals surface area contributed by atoms with Crippen molar-refractivity contribution in [2.75, 3.05) is 0 Å². The smallest absolute Gasteiger partial charge is 0.358 e. The van der Waals surface area contributed by atoms with Crippen LogP contribution in [0, 0.1) is 0 Å². The minimum atomic E-state index is -1.20. The molecule has 0 saturated heterocycles. The van der Waals surface area contributed by atoms with E-state index in [0.29, 0.717) is 12.2 Å². The number of aromatic nitrogens is 5. The Morgan fingerprint density at radius 1 is 1.30 bits per heavy atom. The van der Waals surface area contributed by atoms with Crippen LogP contribution in [-0.2, 0) is 13.5 Å². The number of rotatable bonds is 6. The number of nitrogens with zero attached hydrogens (tertiary/aromatic N) is 5. The van der Waals surface area contributed by atoms with Crippen molar-refractivity contribution < 1.29 is 9.90 Å². The summed E-state index contributed by atoms with van der Waals surface area (Å²) in [6.45, 7) is 2.11. The highest BCUT2D eigenvalue weighted by molar-refractivity contribution is 5.92. The van der Waals surface area contributed by atoms with Crippen LogP contribution < -0.4 is 5.69 Å². The quantitative estimate of drug-likeness (QED) is 0.778. The first-order chi connectivity index (χ1) is 9.56. The van der Waals surface area contributed by atoms with Crippen LogP contribution in [0.25, 0.3) is 5.65 Å². The molecule has 2 heterocycles. The molecule has 8 heteroatoms. The Balaban J connectivity index is 2.45. The van der Waals surface area contributed by atoms with Crippen molar-refractivity contribution in [1.29, 1.82) is 0 Å². The van der Waals surface area contributed by atoms with Crippen LogP contribution in [-0.4, -0.2) is 35.5 Å². The molecule has 8 nitrogen and oxygen atoms in total. The standard InChI is InChI=1S/C12H17N5O3/c1-3-4-5-6-7-8-13-9(11(18)19)10-14-15-16(2)12(20)17(8)10/h3-7H2,1-2H3,(H,18,19). The first-order valence-corrected chi connectivity index (χ1v) is 6.60. The number of fused-ring (bicyclic) bond motifs is 1. The lowest BCUT2D eigenvalue weighted by molar-refractivity contribution is 0.0692. The second kappa shape index (κ2) is 5.81. The van der Waals surface area contributed by atoms with Gasteiger partial charge in [0.1, 0.15) is 5.82 Å². The van der Waals surface area contributed by atoms with E-state index in [-0.39, 0.29) is 11.3 Å². The Morgan fingerprint density at radius 2 is 2.05 bits per heavy atom. The van der Waals surface area contributed by atoms with E-state index in [1.54, 1.807) is 0 Å². The van der Waals surface area contributed by atoms with Gasteiger partial charge in [-0.05, 0) is 6.42 Å². The highest BCUT2D eigenvalue weighted by atomic mass is 16.4. The van der Waals surface area contributed by atoms with Gasteiger partial charge < -0.3 is 5.11 Å². The van der Waals surface area contributed by atoms with Crippen LogP contribution >= 0.6 is 0 Å². The Morgan fingerprint density at radius 3 is 2.70 bits per heavy atom. The maximum absolute atomic E-state index is 12.1. The van der Waals surface area contributed by atoms with E-state index >= 15 is 0 Å². The molecule has 0 bridgehead atoms. The third kappa shape index (κ3) is 2.54. The summed E-state index contributed by atoms with van der Waals surface area (Å²) < 4.78 is 2.30. The van der Waals surface area contributed by atoms with E-state index in [2.05, 4.69) is 22.2 Å². The van der Waals surface area contributed by atoms with Crippen LogP contribution in [0.3, 0.4) is 0 Å². The summed E-state index contributed by atoms with van der Waals surface area (Å²) in [5.74, 6) is -0.770. The number of carboxylic acids is 1. The van der Waals surface area contributed by atoms with Crippen LogP contribution in [0.15, 0.2) is 4.79 Å². The maximum atomic E-state index is 12.1. The molecule has 0 fully saturated rings. The minimum absolute atomic E-state index is 0.00564. The van der Waals surface area contributed by atoms with Crippen LogP contribution in [0.4, 0.5) is 0 Å². The average molecular weight is 279 g/mol. The molecule has 0 unspecified atom stereocenters. The molecular weight excluding hydrogens is 262 g/mol. The Labute approximate surface area is 115 Å². The molecule has 0 amide bonds. The summed E-state index contributed by atoms with van der Waals surface area (Å²) in [5.41, 5.74) is -0.646. The van der Waals surface area contributed by atoms with Gasteiger partial charge in [-0.25, -0.2) is 19.0 Å². The minimum Gasteiger partial charge on any atom is -0.476 e. The zero-order valence-corrected chi connectivity index (χ0v) is 11.5. The highest BCUT2D eigenvalue weighted by Gasteiger charge is 2.20. The topological polar surface area (TPSA) is 102 Å². The Bertz CT molecular complexity index is 688. The van der Waals surface area contributed by atoms with E-state index in [9.17, 15) is 9.59 Å². The number of hydrogen-bond donors (Lipinski definition) is 1. The number of carboxylic acid groups (broad SMARTS) is 1. The number of hydrogen-bond acceptors (Lipinski definition) is 5. The summed E-state index contributed by atoms with van der Waals surface area (Å²) in [6, 6.07) is 0. The van der Waals surface area contributed by atoms with Crippen LogP contribution in [0.1, 0.15) is 48.9 Å². The van der Waals surface area contributed by atoms with Crippen molar-refractivity contribution >= 4 is 11.6 Å². The van der Waals surface area contributed by atoms with Gasteiger partial charge in [-0.1, -0.05) is 31.4 Å². The normalized spacial score (nSPS) is 11.1. The molecule has 0 atom stereocenters. The summed E-state index contributed by atoms with van der Waals surface area (Å²) in [7, 11) is 1.47. The lowest BCUT2D eigenvalue weighted by Crippen LogP contribution is -2.28. The lowest BCUT2D eigenvalue weighted by Gasteiger charge is -2.01. The molecule has 2 aromatic rings. The second-order valence-electron chi connectivity index (χ2n) is 4.65. The van der Waals surface area contributed by atoms with Gasteiger partial charge in [-0.15, -0.1) is 5.10 Å². The number of carbonyl (C=O) groups is 1. The summed E-state index contributed by atoms with van der Waals surface area (Å²) in [6.07, 6.45) is 4.64. The summed E-state index contributed by atoms with van der Waals surface area (Å²) >= 11 is 0. The van der Waals surface area contributed by atoms with Crippen molar-refractivity contribution in [3.05, 3.63) is 22.0 Å². The predicted molar refractivity (Wildman–Crippen MR) is 70.8 cm³/mol. The van der Waals surface area contributed by atoms with Gasteiger partial charge in [0, 0.05) is 13.5 Å². The fourth-order valence-electron chi connectivity index (χ4n) is 2.06. The van der Waals surface area contributed by atoms with E-state index in [4.69, 9.17) is 5.11 Å². The Kier molecular flexibility index (Phi) is 4.11. The highest BCUT2D eigenvalue weighted by Crippen LogP contribution is 2.11. The third-order valence-corrected chi connectivity index (χ3v) is 3.12. The van der Waals surface area contributed by atoms with Crippen molar-refractivity contribution in [3.8, 4) is 0 Å². The second-order valence-corrected chi connectivity index (χ2v) is 4.65. The Hall–Kier alpha value is -2.25. The molecule has 1 N–H and O–H groups in total. The van der Waals surface area contributed by atoms with Crippen LogP contribution in [0.2, 0.25) is 0 Å². The van der Waals surface area contributed by atoms with E-state index in [1.807, 2.05) is 0 Å². The number of aryl methyl sites for hydroxylation is 2. The van der Waals surface area contributed by atoms with Gasteiger partial charge in [-0.3, -0.25) is 0 Å². The third-order valence-electron chi connectivity index (χ3n) is 3.12. The SMILES string of the molecule is CCCCCCc1nc(C(=O)O)c2nnn(C)c(=O)n12. The van der Waals surface area contributed by atoms with Gasteiger partial charge in [-0.2, -0.15) is 4.68 Å². The fraction of sp³-hybridized carbons (Fsp3) is 0.583. The van der Waals surface area contributed by atoms with E-state index in [0.717, 1.165) is 30.4 Å². The molecule has 0 aromatic carbocycles.